The van der Waals surface area contributed by atoms with Crippen LogP contribution >= 0.6 is 0 Å². The van der Waals surface area contributed by atoms with Crippen LogP contribution in [0, 0.1) is 13.8 Å². The first-order chi connectivity index (χ1) is 24.7. The number of rotatable bonds is 10. The predicted molar refractivity (Wildman–Crippen MR) is 196 cm³/mol. The zero-order chi connectivity index (χ0) is 37.3. The van der Waals surface area contributed by atoms with Gasteiger partial charge in [0.05, 0.1) is 34.1 Å². The summed E-state index contributed by atoms with van der Waals surface area (Å²) in [6.45, 7) is 9.19. The molecule has 0 radical (unpaired) electrons. The van der Waals surface area contributed by atoms with Crippen LogP contribution in [0.4, 0.5) is 4.79 Å². The van der Waals surface area contributed by atoms with Crippen molar-refractivity contribution in [1.29, 1.82) is 0 Å². The number of carboxylic acid groups (broad SMARTS) is 1. The van der Waals surface area contributed by atoms with E-state index in [0.717, 1.165) is 34.6 Å². The maximum absolute atomic E-state index is 14.3. The maximum atomic E-state index is 14.3. The average Bonchev–Trinajstić information content (AvgIpc) is 3.36. The summed E-state index contributed by atoms with van der Waals surface area (Å²) in [6, 6.07) is 14.9. The first kappa shape index (κ1) is 35.8. The molecule has 270 valence electrons. The van der Waals surface area contributed by atoms with Crippen LogP contribution in [0.25, 0.3) is 22.2 Å². The van der Waals surface area contributed by atoms with Crippen LogP contribution in [-0.2, 0) is 20.7 Å². The number of nitrogens with zero attached hydrogens (tertiary/aromatic N) is 4. The fraction of sp³-hybridized carbons (Fsp3) is 0.333. The Morgan fingerprint density at radius 3 is 2.48 bits per heavy atom. The zero-order valence-electron chi connectivity index (χ0n) is 29.9. The lowest BCUT2D eigenvalue weighted by Gasteiger charge is -2.24. The Hall–Kier alpha value is -5.98. The molecule has 3 N–H and O–H groups in total. The molecule has 2 aromatic heterocycles. The standard InChI is InChI=1S/C39H42N6O7/c1-23-20-26-14-11-15-29-33(26)44(23)32(25-12-7-6-8-13-25)22-43(35(29)47)45-24(2)41-31-21-27(17-18-28(31)36(45)48)34(46)42-30(37(49)50)16-9-10-19-40-38(51)52-39(3,4)5/h6-8,12-13,15,17-18,20-22,30H,9-11,14,16,19H2,1-5H3,(H,40,51)(H,42,46)(H,49,50)/t30-/m0/s1. The molecule has 13 heteroatoms. The van der Waals surface area contributed by atoms with Gasteiger partial charge in [0.25, 0.3) is 17.4 Å². The van der Waals surface area contributed by atoms with E-state index in [1.165, 1.54) is 27.9 Å². The van der Waals surface area contributed by atoms with Gasteiger partial charge in [-0.15, -0.1) is 0 Å². The number of hydrogen-bond donors (Lipinski definition) is 3. The molecule has 1 aliphatic carbocycles. The number of aromatic nitrogens is 3. The molecule has 13 nitrogen and oxygen atoms in total. The Kier molecular flexibility index (Phi) is 9.88. The highest BCUT2D eigenvalue weighted by molar-refractivity contribution is 6.26. The fourth-order valence-electron chi connectivity index (χ4n) is 6.63. The number of amides is 3. The summed E-state index contributed by atoms with van der Waals surface area (Å²) in [5, 5.41) is 16.5. The first-order valence-electron chi connectivity index (χ1n) is 17.3. The second kappa shape index (κ2) is 14.3. The topological polar surface area (TPSA) is 165 Å². The molecule has 0 saturated heterocycles. The van der Waals surface area contributed by atoms with Crippen LogP contribution in [-0.4, -0.2) is 61.4 Å². The average molecular weight is 707 g/mol. The van der Waals surface area contributed by atoms with E-state index in [4.69, 9.17) is 4.74 Å². The molecule has 2 aromatic carbocycles. The molecule has 3 heterocycles. The number of unbranched alkanes of at least 4 members (excludes halogenated alkanes) is 1. The summed E-state index contributed by atoms with van der Waals surface area (Å²) in [7, 11) is 0. The van der Waals surface area contributed by atoms with Gasteiger partial charge >= 0.3 is 12.1 Å². The number of aryl methyl sites for hydroxylation is 3. The second-order valence-corrected chi connectivity index (χ2v) is 14.0. The van der Waals surface area contributed by atoms with Crippen molar-refractivity contribution >= 4 is 46.0 Å². The minimum Gasteiger partial charge on any atom is -0.480 e. The van der Waals surface area contributed by atoms with Crippen molar-refractivity contribution in [1.82, 2.24) is 24.9 Å². The van der Waals surface area contributed by atoms with Gasteiger partial charge in [0.15, 0.2) is 0 Å². The Balaban J connectivity index is 1.25. The van der Waals surface area contributed by atoms with Crippen molar-refractivity contribution in [2.75, 3.05) is 11.6 Å². The van der Waals surface area contributed by atoms with E-state index in [0.29, 0.717) is 31.4 Å². The van der Waals surface area contributed by atoms with E-state index >= 15 is 0 Å². The molecule has 1 aliphatic heterocycles. The molecule has 0 bridgehead atoms. The molecule has 3 amide bonds. The molecule has 4 aromatic rings. The summed E-state index contributed by atoms with van der Waals surface area (Å²) >= 11 is 0. The van der Waals surface area contributed by atoms with Gasteiger partial charge in [-0.05, 0) is 96.6 Å². The number of allylic oxidation sites excluding steroid dienone is 1. The van der Waals surface area contributed by atoms with E-state index in [2.05, 4.69) is 26.3 Å². The van der Waals surface area contributed by atoms with Gasteiger partial charge in [-0.3, -0.25) is 14.4 Å². The van der Waals surface area contributed by atoms with E-state index in [-0.39, 0.29) is 34.6 Å². The van der Waals surface area contributed by atoms with Gasteiger partial charge in [-0.2, -0.15) is 4.68 Å². The van der Waals surface area contributed by atoms with Gasteiger partial charge < -0.3 is 25.0 Å². The third kappa shape index (κ3) is 7.25. The van der Waals surface area contributed by atoms with Crippen LogP contribution in [0.3, 0.4) is 0 Å². The van der Waals surface area contributed by atoms with E-state index in [1.807, 2.05) is 43.3 Å². The van der Waals surface area contributed by atoms with Gasteiger partial charge in [0, 0.05) is 23.4 Å². The molecule has 6 rings (SSSR count). The summed E-state index contributed by atoms with van der Waals surface area (Å²) in [6.07, 6.45) is 5.56. The Morgan fingerprint density at radius 2 is 1.77 bits per heavy atom. The Morgan fingerprint density at radius 1 is 1.02 bits per heavy atom. The lowest BCUT2D eigenvalue weighted by molar-refractivity contribution is -0.139. The number of ether oxygens (including phenoxy) is 1. The number of fused-ring (bicyclic) bond motifs is 1. The van der Waals surface area contributed by atoms with Crippen molar-refractivity contribution in [3.8, 4) is 0 Å². The lowest BCUT2D eigenvalue weighted by atomic mass is 9.96. The molecule has 0 saturated carbocycles. The lowest BCUT2D eigenvalue weighted by Crippen LogP contribution is -2.44. The molecule has 2 aliphatic rings. The second-order valence-electron chi connectivity index (χ2n) is 14.0. The summed E-state index contributed by atoms with van der Waals surface area (Å²) in [4.78, 5) is 70.2. The van der Waals surface area contributed by atoms with Crippen LogP contribution in [0.5, 0.6) is 0 Å². The summed E-state index contributed by atoms with van der Waals surface area (Å²) in [5.74, 6) is -1.98. The van der Waals surface area contributed by atoms with Gasteiger partial charge in [0.2, 0.25) is 0 Å². The van der Waals surface area contributed by atoms with Crippen molar-refractivity contribution < 1.29 is 29.0 Å². The van der Waals surface area contributed by atoms with Crippen LogP contribution in [0.15, 0.2) is 71.7 Å². The van der Waals surface area contributed by atoms with E-state index in [9.17, 15) is 29.1 Å². The zero-order valence-corrected chi connectivity index (χ0v) is 29.9. The SMILES string of the molecule is Cc1cc2c3n1C(c1ccccc1)=CN(n1c(C)nc4cc(C(=O)N[C@@H](CCCCNC(=O)OC(C)(C)C)C(=O)O)ccc4c1=O)C(=O)C3=CCC2. The molecule has 0 spiro atoms. The molecule has 0 unspecified atom stereocenters. The molecular formula is C39H42N6O7. The summed E-state index contributed by atoms with van der Waals surface area (Å²) < 4.78 is 8.52. The van der Waals surface area contributed by atoms with Crippen molar-refractivity contribution in [3.63, 3.8) is 0 Å². The smallest absolute Gasteiger partial charge is 0.407 e. The highest BCUT2D eigenvalue weighted by Gasteiger charge is 2.34. The number of aliphatic carboxylic acids is 1. The highest BCUT2D eigenvalue weighted by Crippen LogP contribution is 2.37. The number of carboxylic acids is 1. The van der Waals surface area contributed by atoms with Crippen LogP contribution in [0.1, 0.15) is 85.2 Å². The minimum atomic E-state index is -1.20. The normalized spacial score (nSPS) is 14.6. The number of carbonyl (C=O) groups excluding carboxylic acids is 3. The van der Waals surface area contributed by atoms with Crippen molar-refractivity contribution in [2.24, 2.45) is 0 Å². The fourth-order valence-corrected chi connectivity index (χ4v) is 6.63. The highest BCUT2D eigenvalue weighted by atomic mass is 16.6. The quantitative estimate of drug-likeness (QED) is 0.193. The molecule has 52 heavy (non-hydrogen) atoms. The van der Waals surface area contributed by atoms with E-state index < -0.39 is 35.2 Å². The van der Waals surface area contributed by atoms with Crippen molar-refractivity contribution in [2.45, 2.75) is 78.4 Å². The molecule has 0 fully saturated rings. The van der Waals surface area contributed by atoms with Crippen LogP contribution < -0.4 is 21.2 Å². The monoisotopic (exact) mass is 706 g/mol. The third-order valence-electron chi connectivity index (χ3n) is 8.95. The minimum absolute atomic E-state index is 0.126. The largest absolute Gasteiger partial charge is 0.480 e. The van der Waals surface area contributed by atoms with Crippen molar-refractivity contribution in [3.05, 3.63) is 111 Å². The Labute approximate surface area is 300 Å². The number of carbonyl (C=O) groups is 4. The van der Waals surface area contributed by atoms with Gasteiger partial charge in [-0.1, -0.05) is 36.4 Å². The van der Waals surface area contributed by atoms with Gasteiger partial charge in [0.1, 0.15) is 17.5 Å². The van der Waals surface area contributed by atoms with Gasteiger partial charge in [-0.25, -0.2) is 19.6 Å². The van der Waals surface area contributed by atoms with E-state index in [1.54, 1.807) is 33.9 Å². The predicted octanol–water partition coefficient (Wildman–Crippen LogP) is 5.05. The van der Waals surface area contributed by atoms with Crippen LogP contribution in [0.2, 0.25) is 0 Å². The number of hydrogen-bond acceptors (Lipinski definition) is 7. The summed E-state index contributed by atoms with van der Waals surface area (Å²) in [5.41, 5.74) is 4.16. The molecular weight excluding hydrogens is 664 g/mol. The number of alkyl carbamates (subject to hydrolysis) is 1. The maximum Gasteiger partial charge on any atom is 0.407 e. The molecule has 1 atom stereocenters. The number of benzene rings is 2. The first-order valence-corrected chi connectivity index (χ1v) is 17.3. The Bertz CT molecular complexity index is 2210. The third-order valence-corrected chi connectivity index (χ3v) is 8.95. The number of nitrogens with one attached hydrogen (secondary N) is 2.